The van der Waals surface area contributed by atoms with Crippen molar-refractivity contribution in [2.24, 2.45) is 0 Å². The molecule has 1 aromatic heterocycles. The van der Waals surface area contributed by atoms with Crippen LogP contribution < -0.4 is 5.32 Å². The van der Waals surface area contributed by atoms with Gasteiger partial charge in [0.05, 0.1) is 17.1 Å². The van der Waals surface area contributed by atoms with Gasteiger partial charge < -0.3 is 5.32 Å². The van der Waals surface area contributed by atoms with E-state index in [9.17, 15) is 4.79 Å². The van der Waals surface area contributed by atoms with Crippen LogP contribution in [0.3, 0.4) is 0 Å². The molecule has 0 saturated carbocycles. The number of hydrogen-bond acceptors (Lipinski definition) is 3. The van der Waals surface area contributed by atoms with Crippen LogP contribution in [0.2, 0.25) is 0 Å². The Morgan fingerprint density at radius 1 is 1.09 bits per heavy atom. The zero-order valence-electron chi connectivity index (χ0n) is 13.2. The molecule has 116 valence electrons. The molecule has 3 rings (SSSR count). The maximum absolute atomic E-state index is 12.2. The molecule has 0 spiro atoms. The molecular weight excluding hydrogens is 304 g/mol. The molecule has 0 unspecified atom stereocenters. The third-order valence-corrected chi connectivity index (χ3v) is 4.47. The molecule has 4 heteroatoms. The minimum Gasteiger partial charge on any atom is -0.326 e. The first-order valence-corrected chi connectivity index (χ1v) is 8.37. The molecule has 0 aliphatic heterocycles. The van der Waals surface area contributed by atoms with Crippen molar-refractivity contribution in [1.82, 2.24) is 4.98 Å². The zero-order chi connectivity index (χ0) is 16.2. The summed E-state index contributed by atoms with van der Waals surface area (Å²) in [5.74, 6) is -0.00319. The molecule has 0 aliphatic rings. The standard InChI is InChI=1S/C19H18N2OS/c1-13-5-3-4-6-16(13)11-19(22)21-17-9-7-15(8-10-17)18-12-23-14(2)20-18/h3-10,12H,11H2,1-2H3,(H,21,22). The smallest absolute Gasteiger partial charge is 0.228 e. The van der Waals surface area contributed by atoms with E-state index in [1.165, 1.54) is 0 Å². The van der Waals surface area contributed by atoms with Crippen molar-refractivity contribution < 1.29 is 4.79 Å². The minimum absolute atomic E-state index is 0.00319. The lowest BCUT2D eigenvalue weighted by atomic mass is 10.1. The topological polar surface area (TPSA) is 42.0 Å². The Hall–Kier alpha value is -2.46. The van der Waals surface area contributed by atoms with Gasteiger partial charge in [0.15, 0.2) is 0 Å². The number of aryl methyl sites for hydroxylation is 2. The summed E-state index contributed by atoms with van der Waals surface area (Å²) in [7, 11) is 0. The van der Waals surface area contributed by atoms with E-state index in [0.717, 1.165) is 33.1 Å². The maximum atomic E-state index is 12.2. The summed E-state index contributed by atoms with van der Waals surface area (Å²) in [4.78, 5) is 16.6. The highest BCUT2D eigenvalue weighted by atomic mass is 32.1. The van der Waals surface area contributed by atoms with Gasteiger partial charge in [0.1, 0.15) is 0 Å². The molecule has 0 aliphatic carbocycles. The van der Waals surface area contributed by atoms with Gasteiger partial charge in [0.2, 0.25) is 5.91 Å². The second kappa shape index (κ2) is 6.75. The van der Waals surface area contributed by atoms with Gasteiger partial charge in [-0.15, -0.1) is 11.3 Å². The highest BCUT2D eigenvalue weighted by Gasteiger charge is 2.07. The van der Waals surface area contributed by atoms with E-state index in [0.29, 0.717) is 6.42 Å². The van der Waals surface area contributed by atoms with Crippen molar-refractivity contribution in [3.05, 3.63) is 70.0 Å². The fourth-order valence-corrected chi connectivity index (χ4v) is 3.03. The van der Waals surface area contributed by atoms with Gasteiger partial charge in [-0.2, -0.15) is 0 Å². The number of rotatable bonds is 4. The molecule has 1 amide bonds. The first-order chi connectivity index (χ1) is 11.1. The Balaban J connectivity index is 1.66. The van der Waals surface area contributed by atoms with E-state index >= 15 is 0 Å². The third kappa shape index (κ3) is 3.85. The number of benzene rings is 2. The van der Waals surface area contributed by atoms with E-state index in [1.807, 2.05) is 67.8 Å². The number of nitrogens with zero attached hydrogens (tertiary/aromatic N) is 1. The Morgan fingerprint density at radius 3 is 2.48 bits per heavy atom. The summed E-state index contributed by atoms with van der Waals surface area (Å²) in [5, 5.41) is 6.04. The van der Waals surface area contributed by atoms with Gasteiger partial charge in [-0.3, -0.25) is 4.79 Å². The summed E-state index contributed by atoms with van der Waals surface area (Å²) >= 11 is 1.64. The summed E-state index contributed by atoms with van der Waals surface area (Å²) in [6, 6.07) is 15.8. The van der Waals surface area contributed by atoms with Crippen LogP contribution in [0, 0.1) is 13.8 Å². The lowest BCUT2D eigenvalue weighted by Crippen LogP contribution is -2.14. The van der Waals surface area contributed by atoms with E-state index in [4.69, 9.17) is 0 Å². The maximum Gasteiger partial charge on any atom is 0.228 e. The Labute approximate surface area is 140 Å². The van der Waals surface area contributed by atoms with Crippen molar-refractivity contribution in [2.45, 2.75) is 20.3 Å². The molecule has 3 nitrogen and oxygen atoms in total. The van der Waals surface area contributed by atoms with E-state index in [2.05, 4.69) is 10.3 Å². The number of amides is 1. The number of hydrogen-bond donors (Lipinski definition) is 1. The van der Waals surface area contributed by atoms with Gasteiger partial charge in [-0.1, -0.05) is 36.4 Å². The molecule has 0 radical (unpaired) electrons. The molecule has 3 aromatic rings. The molecule has 0 bridgehead atoms. The van der Waals surface area contributed by atoms with E-state index < -0.39 is 0 Å². The quantitative estimate of drug-likeness (QED) is 0.762. The number of anilines is 1. The Bertz CT molecular complexity index is 821. The molecule has 0 atom stereocenters. The van der Waals surface area contributed by atoms with Gasteiger partial charge >= 0.3 is 0 Å². The molecule has 1 N–H and O–H groups in total. The van der Waals surface area contributed by atoms with Crippen LogP contribution >= 0.6 is 11.3 Å². The lowest BCUT2D eigenvalue weighted by molar-refractivity contribution is -0.115. The van der Waals surface area contributed by atoms with Gasteiger partial charge in [-0.25, -0.2) is 4.98 Å². The largest absolute Gasteiger partial charge is 0.326 e. The van der Waals surface area contributed by atoms with Gasteiger partial charge in [0, 0.05) is 16.6 Å². The van der Waals surface area contributed by atoms with Crippen molar-refractivity contribution in [3.63, 3.8) is 0 Å². The van der Waals surface area contributed by atoms with Crippen LogP contribution in [0.25, 0.3) is 11.3 Å². The fraction of sp³-hybridized carbons (Fsp3) is 0.158. The highest BCUT2D eigenvalue weighted by molar-refractivity contribution is 7.09. The Morgan fingerprint density at radius 2 is 1.83 bits per heavy atom. The molecule has 0 fully saturated rings. The van der Waals surface area contributed by atoms with Crippen molar-refractivity contribution in [3.8, 4) is 11.3 Å². The van der Waals surface area contributed by atoms with Gasteiger partial charge in [-0.05, 0) is 37.1 Å². The number of nitrogens with one attached hydrogen (secondary N) is 1. The Kier molecular flexibility index (Phi) is 4.53. The predicted molar refractivity (Wildman–Crippen MR) is 95.8 cm³/mol. The minimum atomic E-state index is -0.00319. The number of thiazole rings is 1. The second-order valence-corrected chi connectivity index (χ2v) is 6.54. The average molecular weight is 322 g/mol. The van der Waals surface area contributed by atoms with Crippen LogP contribution in [0.1, 0.15) is 16.1 Å². The summed E-state index contributed by atoms with van der Waals surface area (Å²) in [5.41, 5.74) is 5.03. The lowest BCUT2D eigenvalue weighted by Gasteiger charge is -2.08. The third-order valence-electron chi connectivity index (χ3n) is 3.70. The van der Waals surface area contributed by atoms with Crippen LogP contribution in [0.5, 0.6) is 0 Å². The number of aromatic nitrogens is 1. The van der Waals surface area contributed by atoms with Crippen molar-refractivity contribution in [1.29, 1.82) is 0 Å². The molecular formula is C19H18N2OS. The van der Waals surface area contributed by atoms with E-state index in [-0.39, 0.29) is 5.91 Å². The molecule has 2 aromatic carbocycles. The predicted octanol–water partition coefficient (Wildman–Crippen LogP) is 4.61. The average Bonchev–Trinajstić information content (AvgIpc) is 2.97. The first-order valence-electron chi connectivity index (χ1n) is 7.49. The van der Waals surface area contributed by atoms with Crippen molar-refractivity contribution >= 4 is 22.9 Å². The molecule has 0 saturated heterocycles. The first kappa shape index (κ1) is 15.4. The fourth-order valence-electron chi connectivity index (χ4n) is 2.41. The summed E-state index contributed by atoms with van der Waals surface area (Å²) < 4.78 is 0. The highest BCUT2D eigenvalue weighted by Crippen LogP contribution is 2.23. The van der Waals surface area contributed by atoms with E-state index in [1.54, 1.807) is 11.3 Å². The molecule has 23 heavy (non-hydrogen) atoms. The zero-order valence-corrected chi connectivity index (χ0v) is 14.0. The van der Waals surface area contributed by atoms with Crippen molar-refractivity contribution in [2.75, 3.05) is 5.32 Å². The second-order valence-electron chi connectivity index (χ2n) is 5.48. The number of carbonyl (C=O) groups excluding carboxylic acids is 1. The monoisotopic (exact) mass is 322 g/mol. The SMILES string of the molecule is Cc1nc(-c2ccc(NC(=O)Cc3ccccc3C)cc2)cs1. The molecule has 1 heterocycles. The summed E-state index contributed by atoms with van der Waals surface area (Å²) in [6.45, 7) is 4.02. The normalized spacial score (nSPS) is 10.5. The van der Waals surface area contributed by atoms with Crippen LogP contribution in [0.4, 0.5) is 5.69 Å². The van der Waals surface area contributed by atoms with Crippen LogP contribution in [0.15, 0.2) is 53.9 Å². The van der Waals surface area contributed by atoms with Gasteiger partial charge in [0.25, 0.3) is 0 Å². The number of carbonyl (C=O) groups is 1. The van der Waals surface area contributed by atoms with Crippen LogP contribution in [-0.4, -0.2) is 10.9 Å². The summed E-state index contributed by atoms with van der Waals surface area (Å²) in [6.07, 6.45) is 0.389. The van der Waals surface area contributed by atoms with Crippen LogP contribution in [-0.2, 0) is 11.2 Å².